The molecule has 1 fully saturated rings. The van der Waals surface area contributed by atoms with E-state index in [0.29, 0.717) is 0 Å². The van der Waals surface area contributed by atoms with Crippen molar-refractivity contribution in [1.82, 2.24) is 5.43 Å². The molecule has 15 heavy (non-hydrogen) atoms. The quantitative estimate of drug-likeness (QED) is 0.518. The summed E-state index contributed by atoms with van der Waals surface area (Å²) in [5.41, 5.74) is 3.57. The van der Waals surface area contributed by atoms with Crippen LogP contribution in [-0.4, -0.2) is 12.1 Å². The van der Waals surface area contributed by atoms with Gasteiger partial charge in [0.05, 0.1) is 6.21 Å². The standard InChI is InChI=1S/C11H11IN2O/c12-10-4-2-1-3-9(10)7-13-14-11(15)8-5-6-8/h1-4,7-8H,5-6H2,(H,14,15). The zero-order valence-corrected chi connectivity index (χ0v) is 10.3. The predicted octanol–water partition coefficient (Wildman–Crippen LogP) is 2.15. The van der Waals surface area contributed by atoms with Gasteiger partial charge >= 0.3 is 0 Å². The molecule has 4 heteroatoms. The minimum Gasteiger partial charge on any atom is -0.273 e. The van der Waals surface area contributed by atoms with Crippen LogP contribution < -0.4 is 5.43 Å². The summed E-state index contributed by atoms with van der Waals surface area (Å²) in [5, 5.41) is 3.93. The first-order valence-electron chi connectivity index (χ1n) is 4.85. The Morgan fingerprint density at radius 3 is 2.87 bits per heavy atom. The first kappa shape index (κ1) is 10.6. The zero-order valence-electron chi connectivity index (χ0n) is 8.11. The van der Waals surface area contributed by atoms with E-state index in [-0.39, 0.29) is 11.8 Å². The van der Waals surface area contributed by atoms with E-state index in [0.717, 1.165) is 22.0 Å². The number of hydrazone groups is 1. The van der Waals surface area contributed by atoms with Crippen molar-refractivity contribution < 1.29 is 4.79 Å². The predicted molar refractivity (Wildman–Crippen MR) is 67.6 cm³/mol. The second kappa shape index (κ2) is 4.74. The van der Waals surface area contributed by atoms with Crippen LogP contribution in [0, 0.1) is 9.49 Å². The number of hydrogen-bond donors (Lipinski definition) is 1. The topological polar surface area (TPSA) is 41.5 Å². The van der Waals surface area contributed by atoms with Crippen molar-refractivity contribution in [3.63, 3.8) is 0 Å². The van der Waals surface area contributed by atoms with E-state index >= 15 is 0 Å². The Morgan fingerprint density at radius 2 is 2.20 bits per heavy atom. The van der Waals surface area contributed by atoms with E-state index in [9.17, 15) is 4.79 Å². The van der Waals surface area contributed by atoms with Gasteiger partial charge in [-0.2, -0.15) is 5.10 Å². The Bertz CT molecular complexity index is 399. The van der Waals surface area contributed by atoms with Gasteiger partial charge in [0.2, 0.25) is 5.91 Å². The molecular weight excluding hydrogens is 303 g/mol. The molecule has 0 saturated heterocycles. The molecule has 1 aliphatic rings. The maximum atomic E-state index is 11.3. The third-order valence-corrected chi connectivity index (χ3v) is 3.21. The second-order valence-electron chi connectivity index (χ2n) is 3.53. The lowest BCUT2D eigenvalue weighted by atomic mass is 10.2. The highest BCUT2D eigenvalue weighted by molar-refractivity contribution is 14.1. The minimum absolute atomic E-state index is 0.0391. The molecule has 0 aromatic heterocycles. The number of carbonyl (C=O) groups excluding carboxylic acids is 1. The van der Waals surface area contributed by atoms with Gasteiger partial charge in [-0.1, -0.05) is 18.2 Å². The van der Waals surface area contributed by atoms with Gasteiger partial charge in [-0.05, 0) is 41.5 Å². The molecule has 1 saturated carbocycles. The Morgan fingerprint density at radius 1 is 1.47 bits per heavy atom. The molecule has 0 heterocycles. The summed E-state index contributed by atoms with van der Waals surface area (Å²) in [5.74, 6) is 0.245. The average molecular weight is 314 g/mol. The van der Waals surface area contributed by atoms with Gasteiger partial charge < -0.3 is 0 Å². The van der Waals surface area contributed by atoms with Gasteiger partial charge in [0, 0.05) is 15.1 Å². The number of halogens is 1. The van der Waals surface area contributed by atoms with Gasteiger partial charge in [-0.3, -0.25) is 4.79 Å². The van der Waals surface area contributed by atoms with Crippen LogP contribution in [0.25, 0.3) is 0 Å². The maximum absolute atomic E-state index is 11.3. The van der Waals surface area contributed by atoms with Crippen molar-refractivity contribution in [3.05, 3.63) is 33.4 Å². The largest absolute Gasteiger partial charge is 0.273 e. The number of nitrogens with zero attached hydrogens (tertiary/aromatic N) is 1. The molecule has 78 valence electrons. The molecule has 0 bridgehead atoms. The number of amides is 1. The van der Waals surface area contributed by atoms with Gasteiger partial charge in [-0.15, -0.1) is 0 Å². The van der Waals surface area contributed by atoms with Crippen LogP contribution in [0.5, 0.6) is 0 Å². The molecular formula is C11H11IN2O. The van der Waals surface area contributed by atoms with Crippen molar-refractivity contribution in [3.8, 4) is 0 Å². The normalized spacial score (nSPS) is 15.5. The number of rotatable bonds is 3. The SMILES string of the molecule is O=C(NN=Cc1ccccc1I)C1CC1. The van der Waals surface area contributed by atoms with E-state index in [1.807, 2.05) is 24.3 Å². The third-order valence-electron chi connectivity index (χ3n) is 2.23. The highest BCUT2D eigenvalue weighted by Gasteiger charge is 2.29. The minimum atomic E-state index is 0.0391. The molecule has 1 N–H and O–H groups in total. The molecule has 0 radical (unpaired) electrons. The summed E-state index contributed by atoms with van der Waals surface area (Å²) < 4.78 is 1.12. The summed E-state index contributed by atoms with van der Waals surface area (Å²) in [6.07, 6.45) is 3.69. The molecule has 3 nitrogen and oxygen atoms in total. The molecule has 1 aliphatic carbocycles. The Hall–Kier alpha value is -0.910. The molecule has 0 spiro atoms. The molecule has 0 aliphatic heterocycles. The zero-order chi connectivity index (χ0) is 10.7. The first-order chi connectivity index (χ1) is 7.27. The second-order valence-corrected chi connectivity index (χ2v) is 4.69. The lowest BCUT2D eigenvalue weighted by molar-refractivity contribution is -0.122. The summed E-state index contributed by atoms with van der Waals surface area (Å²) in [7, 11) is 0. The van der Waals surface area contributed by atoms with Crippen LogP contribution in [0.2, 0.25) is 0 Å². The Balaban J connectivity index is 1.93. The van der Waals surface area contributed by atoms with Gasteiger partial charge in [0.1, 0.15) is 0 Å². The fourth-order valence-corrected chi connectivity index (χ4v) is 1.71. The van der Waals surface area contributed by atoms with Crippen LogP contribution >= 0.6 is 22.6 Å². The summed E-state index contributed by atoms with van der Waals surface area (Å²) in [4.78, 5) is 11.3. The van der Waals surface area contributed by atoms with Gasteiger partial charge in [0.15, 0.2) is 0 Å². The van der Waals surface area contributed by atoms with E-state index in [1.165, 1.54) is 0 Å². The Labute approximate surface area is 102 Å². The van der Waals surface area contributed by atoms with Gasteiger partial charge in [0.25, 0.3) is 0 Å². The maximum Gasteiger partial charge on any atom is 0.243 e. The van der Waals surface area contributed by atoms with Crippen LogP contribution in [0.4, 0.5) is 0 Å². The number of hydrogen-bond acceptors (Lipinski definition) is 2. The Kier molecular flexibility index (Phi) is 3.35. The van der Waals surface area contributed by atoms with Gasteiger partial charge in [-0.25, -0.2) is 5.43 Å². The average Bonchev–Trinajstić information content (AvgIpc) is 3.04. The van der Waals surface area contributed by atoms with Crippen LogP contribution in [0.15, 0.2) is 29.4 Å². The van der Waals surface area contributed by atoms with Crippen molar-refractivity contribution in [2.24, 2.45) is 11.0 Å². The fourth-order valence-electron chi connectivity index (χ4n) is 1.18. The highest BCUT2D eigenvalue weighted by atomic mass is 127. The van der Waals surface area contributed by atoms with Crippen molar-refractivity contribution >= 4 is 34.7 Å². The van der Waals surface area contributed by atoms with Crippen molar-refractivity contribution in [2.75, 3.05) is 0 Å². The third kappa shape index (κ3) is 3.02. The monoisotopic (exact) mass is 314 g/mol. The molecule has 2 rings (SSSR count). The summed E-state index contributed by atoms with van der Waals surface area (Å²) in [6, 6.07) is 7.90. The number of carbonyl (C=O) groups is 1. The molecule has 0 atom stereocenters. The van der Waals surface area contributed by atoms with E-state index in [4.69, 9.17) is 0 Å². The van der Waals surface area contributed by atoms with E-state index in [1.54, 1.807) is 6.21 Å². The molecule has 1 aromatic rings. The van der Waals surface area contributed by atoms with E-state index in [2.05, 4.69) is 33.1 Å². The smallest absolute Gasteiger partial charge is 0.243 e. The summed E-state index contributed by atoms with van der Waals surface area (Å²) in [6.45, 7) is 0. The highest BCUT2D eigenvalue weighted by Crippen LogP contribution is 2.28. The van der Waals surface area contributed by atoms with Crippen LogP contribution in [0.3, 0.4) is 0 Å². The first-order valence-corrected chi connectivity index (χ1v) is 5.92. The fraction of sp³-hybridized carbons (Fsp3) is 0.273. The van der Waals surface area contributed by atoms with Crippen LogP contribution in [0.1, 0.15) is 18.4 Å². The number of nitrogens with one attached hydrogen (secondary N) is 1. The lowest BCUT2D eigenvalue weighted by Gasteiger charge is -1.97. The lowest BCUT2D eigenvalue weighted by Crippen LogP contribution is -2.19. The van der Waals surface area contributed by atoms with Crippen molar-refractivity contribution in [1.29, 1.82) is 0 Å². The summed E-state index contributed by atoms with van der Waals surface area (Å²) >= 11 is 2.24. The molecule has 1 aromatic carbocycles. The van der Waals surface area contributed by atoms with Crippen LogP contribution in [-0.2, 0) is 4.79 Å². The van der Waals surface area contributed by atoms with E-state index < -0.39 is 0 Å². The molecule has 0 unspecified atom stereocenters. The number of benzene rings is 1. The van der Waals surface area contributed by atoms with Crippen molar-refractivity contribution in [2.45, 2.75) is 12.8 Å². The molecule has 1 amide bonds.